The fourth-order valence-electron chi connectivity index (χ4n) is 2.24. The Bertz CT molecular complexity index is 749. The summed E-state index contributed by atoms with van der Waals surface area (Å²) < 4.78 is 19.3. The molecule has 0 saturated carbocycles. The minimum atomic E-state index is -1.16. The van der Waals surface area contributed by atoms with Crippen LogP contribution in [0.15, 0.2) is 36.4 Å². The second-order valence-electron chi connectivity index (χ2n) is 4.91. The van der Waals surface area contributed by atoms with Crippen molar-refractivity contribution >= 4 is 29.2 Å². The van der Waals surface area contributed by atoms with Crippen molar-refractivity contribution in [2.75, 3.05) is 6.61 Å². The highest BCUT2D eigenvalue weighted by molar-refractivity contribution is 6.33. The van der Waals surface area contributed by atoms with Crippen molar-refractivity contribution in [3.05, 3.63) is 63.9 Å². The number of aliphatic carboxylic acids is 1. The highest BCUT2D eigenvalue weighted by Crippen LogP contribution is 2.29. The van der Waals surface area contributed by atoms with Gasteiger partial charge in [0.25, 0.3) is 0 Å². The number of hydrogen-bond donors (Lipinski definition) is 1. The van der Waals surface area contributed by atoms with Crippen molar-refractivity contribution < 1.29 is 19.0 Å². The van der Waals surface area contributed by atoms with Gasteiger partial charge in [0.2, 0.25) is 0 Å². The summed E-state index contributed by atoms with van der Waals surface area (Å²) in [5.41, 5.74) is 1.23. The molecule has 0 amide bonds. The quantitative estimate of drug-likeness (QED) is 0.630. The van der Waals surface area contributed by atoms with Crippen LogP contribution in [0.5, 0.6) is 5.75 Å². The van der Waals surface area contributed by atoms with Crippen LogP contribution in [-0.4, -0.2) is 17.7 Å². The molecule has 2 aromatic rings. The van der Waals surface area contributed by atoms with E-state index in [1.165, 1.54) is 24.3 Å². The van der Waals surface area contributed by atoms with E-state index in [-0.39, 0.29) is 16.2 Å². The van der Waals surface area contributed by atoms with Gasteiger partial charge in [-0.25, -0.2) is 9.18 Å². The summed E-state index contributed by atoms with van der Waals surface area (Å²) in [6, 6.07) is 9.31. The van der Waals surface area contributed by atoms with Crippen LogP contribution in [0.25, 0.3) is 11.6 Å². The molecule has 23 heavy (non-hydrogen) atoms. The molecular weight excluding hydrogens is 319 g/mol. The van der Waals surface area contributed by atoms with Gasteiger partial charge in [0.05, 0.1) is 17.2 Å². The summed E-state index contributed by atoms with van der Waals surface area (Å²) in [7, 11) is 0. The first-order chi connectivity index (χ1) is 10.9. The molecule has 2 rings (SSSR count). The predicted octanol–water partition coefficient (Wildman–Crippen LogP) is 4.81. The Kier molecular flexibility index (Phi) is 5.40. The number of hydrogen-bond acceptors (Lipinski definition) is 2. The van der Waals surface area contributed by atoms with E-state index in [0.29, 0.717) is 17.9 Å². The normalized spacial score (nSPS) is 11.4. The van der Waals surface area contributed by atoms with Gasteiger partial charge in [-0.2, -0.15) is 0 Å². The summed E-state index contributed by atoms with van der Waals surface area (Å²) in [6.07, 6.45) is 1.25. The van der Waals surface area contributed by atoms with Crippen molar-refractivity contribution in [3.8, 4) is 5.75 Å². The molecule has 3 nitrogen and oxygen atoms in total. The molecule has 0 aliphatic heterocycles. The first kappa shape index (κ1) is 17.0. The molecule has 120 valence electrons. The number of rotatable bonds is 5. The smallest absolute Gasteiger partial charge is 0.336 e. The third kappa shape index (κ3) is 3.90. The number of carbonyl (C=O) groups is 1. The topological polar surface area (TPSA) is 46.5 Å². The average Bonchev–Trinajstić information content (AvgIpc) is 2.48. The van der Waals surface area contributed by atoms with E-state index in [4.69, 9.17) is 16.3 Å². The van der Waals surface area contributed by atoms with Gasteiger partial charge in [0.1, 0.15) is 11.6 Å². The minimum absolute atomic E-state index is 0.0300. The lowest BCUT2D eigenvalue weighted by Crippen LogP contribution is -2.03. The number of ether oxygens (including phenoxy) is 1. The number of carboxylic acids is 1. The molecule has 0 saturated heterocycles. The monoisotopic (exact) mass is 334 g/mol. The molecule has 0 aromatic heterocycles. The van der Waals surface area contributed by atoms with Crippen LogP contribution in [0.2, 0.25) is 5.02 Å². The van der Waals surface area contributed by atoms with Crippen molar-refractivity contribution in [2.45, 2.75) is 13.8 Å². The number of benzene rings is 2. The van der Waals surface area contributed by atoms with Gasteiger partial charge in [0, 0.05) is 5.56 Å². The Morgan fingerprint density at radius 2 is 2.09 bits per heavy atom. The number of carboxylic acid groups (broad SMARTS) is 1. The maximum atomic E-state index is 13.9. The van der Waals surface area contributed by atoms with Crippen LogP contribution in [0.3, 0.4) is 0 Å². The maximum Gasteiger partial charge on any atom is 0.336 e. The molecule has 0 aliphatic rings. The summed E-state index contributed by atoms with van der Waals surface area (Å²) in [4.78, 5) is 11.6. The van der Waals surface area contributed by atoms with E-state index in [0.717, 1.165) is 5.56 Å². The largest absolute Gasteiger partial charge is 0.494 e. The summed E-state index contributed by atoms with van der Waals surface area (Å²) in [5, 5.41) is 9.66. The van der Waals surface area contributed by atoms with E-state index in [1.54, 1.807) is 25.1 Å². The van der Waals surface area contributed by atoms with Gasteiger partial charge in [-0.05, 0) is 55.3 Å². The fourth-order valence-corrected chi connectivity index (χ4v) is 2.46. The van der Waals surface area contributed by atoms with E-state index < -0.39 is 11.8 Å². The van der Waals surface area contributed by atoms with Crippen LogP contribution in [0, 0.1) is 12.7 Å². The van der Waals surface area contributed by atoms with E-state index in [2.05, 4.69) is 0 Å². The second-order valence-corrected chi connectivity index (χ2v) is 5.32. The van der Waals surface area contributed by atoms with Crippen molar-refractivity contribution in [2.24, 2.45) is 0 Å². The molecule has 1 N–H and O–H groups in total. The summed E-state index contributed by atoms with van der Waals surface area (Å²) in [6.45, 7) is 4.16. The molecule has 0 fully saturated rings. The first-order valence-corrected chi connectivity index (χ1v) is 7.44. The second kappa shape index (κ2) is 7.29. The van der Waals surface area contributed by atoms with Crippen LogP contribution < -0.4 is 4.74 Å². The van der Waals surface area contributed by atoms with Gasteiger partial charge in [-0.15, -0.1) is 0 Å². The first-order valence-electron chi connectivity index (χ1n) is 7.07. The van der Waals surface area contributed by atoms with Crippen LogP contribution in [-0.2, 0) is 4.79 Å². The number of halogens is 2. The zero-order valence-corrected chi connectivity index (χ0v) is 13.5. The maximum absolute atomic E-state index is 13.9. The zero-order chi connectivity index (χ0) is 17.0. The minimum Gasteiger partial charge on any atom is -0.494 e. The lowest BCUT2D eigenvalue weighted by Gasteiger charge is -2.11. The highest BCUT2D eigenvalue weighted by atomic mass is 35.5. The Morgan fingerprint density at radius 3 is 2.65 bits per heavy atom. The van der Waals surface area contributed by atoms with Gasteiger partial charge < -0.3 is 9.84 Å². The van der Waals surface area contributed by atoms with Gasteiger partial charge in [0.15, 0.2) is 0 Å². The van der Waals surface area contributed by atoms with Gasteiger partial charge in [-0.3, -0.25) is 0 Å². The van der Waals surface area contributed by atoms with Gasteiger partial charge in [-0.1, -0.05) is 23.7 Å². The third-order valence-corrected chi connectivity index (χ3v) is 3.65. The van der Waals surface area contributed by atoms with E-state index in [9.17, 15) is 14.3 Å². The van der Waals surface area contributed by atoms with Crippen molar-refractivity contribution in [1.82, 2.24) is 0 Å². The molecule has 2 aromatic carbocycles. The van der Waals surface area contributed by atoms with Crippen LogP contribution in [0.1, 0.15) is 23.6 Å². The SMILES string of the molecule is CCOc1ccc(/C(=C/c2c(F)cccc2Cl)C(=O)O)c(C)c1. The Hall–Kier alpha value is -2.33. The van der Waals surface area contributed by atoms with Gasteiger partial charge >= 0.3 is 5.97 Å². The van der Waals surface area contributed by atoms with E-state index in [1.807, 2.05) is 6.92 Å². The Morgan fingerprint density at radius 1 is 1.35 bits per heavy atom. The lowest BCUT2D eigenvalue weighted by molar-refractivity contribution is -0.130. The molecule has 0 spiro atoms. The fraction of sp³-hybridized carbons (Fsp3) is 0.167. The van der Waals surface area contributed by atoms with Crippen molar-refractivity contribution in [1.29, 1.82) is 0 Å². The highest BCUT2D eigenvalue weighted by Gasteiger charge is 2.16. The molecule has 5 heteroatoms. The number of aryl methyl sites for hydroxylation is 1. The van der Waals surface area contributed by atoms with E-state index >= 15 is 0 Å². The van der Waals surface area contributed by atoms with Crippen LogP contribution in [0.4, 0.5) is 4.39 Å². The molecule has 0 aliphatic carbocycles. The van der Waals surface area contributed by atoms with Crippen LogP contribution >= 0.6 is 11.6 Å². The molecule has 0 radical (unpaired) electrons. The summed E-state index contributed by atoms with van der Waals surface area (Å²) in [5.74, 6) is -1.07. The zero-order valence-electron chi connectivity index (χ0n) is 12.8. The Balaban J connectivity index is 2.55. The molecule has 0 bridgehead atoms. The lowest BCUT2D eigenvalue weighted by atomic mass is 9.98. The molecule has 0 atom stereocenters. The molecule has 0 heterocycles. The Labute approximate surface area is 139 Å². The average molecular weight is 335 g/mol. The third-order valence-electron chi connectivity index (χ3n) is 3.32. The molecule has 0 unspecified atom stereocenters. The standard InChI is InChI=1S/C18H16ClFO3/c1-3-23-12-7-8-13(11(2)9-12)14(18(21)22)10-15-16(19)5-4-6-17(15)20/h4-10H,3H2,1-2H3,(H,21,22)/b14-10-. The summed E-state index contributed by atoms with van der Waals surface area (Å²) >= 11 is 5.97. The predicted molar refractivity (Wildman–Crippen MR) is 89.3 cm³/mol. The van der Waals surface area contributed by atoms with Crippen molar-refractivity contribution in [3.63, 3.8) is 0 Å². The molecular formula is C18H16ClFO3.